The summed E-state index contributed by atoms with van der Waals surface area (Å²) in [7, 11) is -3.65. The molecule has 1 aromatic carbocycles. The maximum atomic E-state index is 13.4. The summed E-state index contributed by atoms with van der Waals surface area (Å²) in [6.45, 7) is 1.35. The standard InChI is InChI=1S/C26H33N3O4S/c30-25(14-9-19-5-2-1-3-6-19)27-22-10-12-23(13-11-22)34(32,33)28-16-20-15-21(18-28)24-7-4-8-26(31)29(24)17-20/h4,7-8,10-13,19-21H,1-3,5-6,9,14-18H2,(H,27,30). The molecule has 182 valence electrons. The van der Waals surface area contributed by atoms with Crippen molar-refractivity contribution in [3.05, 3.63) is 58.5 Å². The second-order valence-electron chi connectivity index (χ2n) is 10.1. The molecule has 34 heavy (non-hydrogen) atoms. The maximum Gasteiger partial charge on any atom is 0.250 e. The third-order valence-corrected chi connectivity index (χ3v) is 9.57. The largest absolute Gasteiger partial charge is 0.326 e. The number of anilines is 1. The fourth-order valence-electron chi connectivity index (χ4n) is 5.94. The molecule has 1 aliphatic carbocycles. The summed E-state index contributed by atoms with van der Waals surface area (Å²) in [4.78, 5) is 24.8. The Morgan fingerprint density at radius 3 is 2.50 bits per heavy atom. The van der Waals surface area contributed by atoms with Crippen molar-refractivity contribution in [1.29, 1.82) is 0 Å². The number of hydrogen-bond acceptors (Lipinski definition) is 4. The molecule has 1 N–H and O–H groups in total. The predicted octanol–water partition coefficient (Wildman–Crippen LogP) is 3.96. The number of aromatic nitrogens is 1. The molecule has 1 saturated carbocycles. The fraction of sp³-hybridized carbons (Fsp3) is 0.538. The number of fused-ring (bicyclic) bond motifs is 4. The van der Waals surface area contributed by atoms with Crippen molar-refractivity contribution in [2.75, 3.05) is 18.4 Å². The number of hydrogen-bond donors (Lipinski definition) is 1. The Balaban J connectivity index is 1.22. The zero-order valence-electron chi connectivity index (χ0n) is 19.5. The van der Waals surface area contributed by atoms with Crippen LogP contribution < -0.4 is 10.9 Å². The van der Waals surface area contributed by atoms with Crippen LogP contribution in [0.5, 0.6) is 0 Å². The number of rotatable bonds is 6. The van der Waals surface area contributed by atoms with Crippen molar-refractivity contribution in [2.45, 2.75) is 68.7 Å². The van der Waals surface area contributed by atoms with Crippen molar-refractivity contribution in [2.24, 2.45) is 11.8 Å². The highest BCUT2D eigenvalue weighted by Gasteiger charge is 2.39. The van der Waals surface area contributed by atoms with Crippen molar-refractivity contribution >= 4 is 21.6 Å². The van der Waals surface area contributed by atoms with Gasteiger partial charge in [0.1, 0.15) is 0 Å². The molecule has 2 unspecified atom stereocenters. The van der Waals surface area contributed by atoms with Crippen LogP contribution in [0.3, 0.4) is 0 Å². The highest BCUT2D eigenvalue weighted by Crippen LogP contribution is 2.37. The van der Waals surface area contributed by atoms with Crippen LogP contribution in [0, 0.1) is 11.8 Å². The third kappa shape index (κ3) is 4.84. The summed E-state index contributed by atoms with van der Waals surface area (Å²) in [6, 6.07) is 11.8. The van der Waals surface area contributed by atoms with Gasteiger partial charge in [-0.3, -0.25) is 9.59 Å². The second kappa shape index (κ2) is 9.66. The van der Waals surface area contributed by atoms with Crippen LogP contribution in [0.25, 0.3) is 0 Å². The van der Waals surface area contributed by atoms with Gasteiger partial charge in [0, 0.05) is 49.4 Å². The second-order valence-corrected chi connectivity index (χ2v) is 12.1. The van der Waals surface area contributed by atoms with E-state index in [2.05, 4.69) is 5.32 Å². The van der Waals surface area contributed by atoms with Gasteiger partial charge < -0.3 is 9.88 Å². The van der Waals surface area contributed by atoms with E-state index in [1.807, 2.05) is 6.07 Å². The van der Waals surface area contributed by atoms with Crippen LogP contribution >= 0.6 is 0 Å². The minimum Gasteiger partial charge on any atom is -0.326 e. The topological polar surface area (TPSA) is 88.5 Å². The van der Waals surface area contributed by atoms with Gasteiger partial charge in [-0.2, -0.15) is 4.31 Å². The van der Waals surface area contributed by atoms with Crippen LogP contribution in [0.15, 0.2) is 52.2 Å². The number of nitrogens with one attached hydrogen (secondary N) is 1. The fourth-order valence-corrected chi connectivity index (χ4v) is 7.50. The van der Waals surface area contributed by atoms with E-state index in [0.717, 1.165) is 18.5 Å². The lowest BCUT2D eigenvalue weighted by atomic mass is 9.84. The monoisotopic (exact) mass is 483 g/mol. The molecule has 8 heteroatoms. The molecule has 1 amide bonds. The Hall–Kier alpha value is -2.45. The summed E-state index contributed by atoms with van der Waals surface area (Å²) in [5.74, 6) is 0.795. The normalized spacial score (nSPS) is 23.3. The average Bonchev–Trinajstić information content (AvgIpc) is 2.84. The van der Waals surface area contributed by atoms with E-state index in [-0.39, 0.29) is 28.2 Å². The van der Waals surface area contributed by atoms with Gasteiger partial charge >= 0.3 is 0 Å². The molecule has 2 bridgehead atoms. The molecule has 2 aromatic rings. The van der Waals surface area contributed by atoms with E-state index < -0.39 is 10.0 Å². The van der Waals surface area contributed by atoms with E-state index in [1.165, 1.54) is 32.1 Å². The molecule has 0 spiro atoms. The molecular formula is C26H33N3O4S. The first-order valence-corrected chi connectivity index (χ1v) is 13.9. The van der Waals surface area contributed by atoms with Gasteiger partial charge in [0.2, 0.25) is 15.9 Å². The molecule has 3 heterocycles. The smallest absolute Gasteiger partial charge is 0.250 e. The molecule has 1 aromatic heterocycles. The van der Waals surface area contributed by atoms with Crippen LogP contribution in [-0.2, 0) is 21.4 Å². The van der Waals surface area contributed by atoms with Crippen LogP contribution in [0.4, 0.5) is 5.69 Å². The van der Waals surface area contributed by atoms with Gasteiger partial charge in [-0.15, -0.1) is 0 Å². The minimum atomic E-state index is -3.65. The number of pyridine rings is 1. The van der Waals surface area contributed by atoms with Crippen LogP contribution in [0.2, 0.25) is 0 Å². The molecule has 2 atom stereocenters. The molecule has 3 aliphatic rings. The number of piperidine rings is 1. The quantitative estimate of drug-likeness (QED) is 0.674. The van der Waals surface area contributed by atoms with E-state index in [4.69, 9.17) is 0 Å². The van der Waals surface area contributed by atoms with Crippen LogP contribution in [-0.4, -0.2) is 36.3 Å². The molecule has 2 fully saturated rings. The lowest BCUT2D eigenvalue weighted by Crippen LogP contribution is -2.48. The molecule has 7 nitrogen and oxygen atoms in total. The van der Waals surface area contributed by atoms with Gasteiger partial charge in [0.25, 0.3) is 5.56 Å². The lowest BCUT2D eigenvalue weighted by Gasteiger charge is -2.42. The van der Waals surface area contributed by atoms with E-state index in [0.29, 0.717) is 37.7 Å². The Labute approximate surface area is 201 Å². The number of carbonyl (C=O) groups is 1. The van der Waals surface area contributed by atoms with Gasteiger partial charge in [-0.05, 0) is 55.0 Å². The highest BCUT2D eigenvalue weighted by molar-refractivity contribution is 7.89. The van der Waals surface area contributed by atoms with Gasteiger partial charge in [-0.25, -0.2) is 8.42 Å². The highest BCUT2D eigenvalue weighted by atomic mass is 32.2. The van der Waals surface area contributed by atoms with Gasteiger partial charge in [0.05, 0.1) is 4.90 Å². The van der Waals surface area contributed by atoms with Gasteiger partial charge in [0.15, 0.2) is 0 Å². The van der Waals surface area contributed by atoms with Crippen molar-refractivity contribution in [3.8, 4) is 0 Å². The average molecular weight is 484 g/mol. The van der Waals surface area contributed by atoms with E-state index >= 15 is 0 Å². The summed E-state index contributed by atoms with van der Waals surface area (Å²) in [6.07, 6.45) is 8.63. The number of amides is 1. The number of nitrogens with zero attached hydrogens (tertiary/aromatic N) is 2. The first kappa shape index (κ1) is 23.3. The lowest BCUT2D eigenvalue weighted by molar-refractivity contribution is -0.116. The zero-order valence-corrected chi connectivity index (χ0v) is 20.3. The third-order valence-electron chi connectivity index (χ3n) is 7.73. The van der Waals surface area contributed by atoms with E-state index in [1.54, 1.807) is 45.3 Å². The minimum absolute atomic E-state index is 0.0140. The molecule has 1 saturated heterocycles. The van der Waals surface area contributed by atoms with Gasteiger partial charge in [-0.1, -0.05) is 38.2 Å². The summed E-state index contributed by atoms with van der Waals surface area (Å²) in [5, 5.41) is 2.91. The first-order valence-electron chi connectivity index (χ1n) is 12.5. The van der Waals surface area contributed by atoms with Crippen molar-refractivity contribution in [3.63, 3.8) is 0 Å². The first-order chi connectivity index (χ1) is 16.4. The Kier molecular flexibility index (Phi) is 6.62. The zero-order chi connectivity index (χ0) is 23.7. The molecule has 2 aliphatic heterocycles. The van der Waals surface area contributed by atoms with Crippen molar-refractivity contribution < 1.29 is 13.2 Å². The number of benzene rings is 1. The molecular weight excluding hydrogens is 450 g/mol. The molecule has 0 radical (unpaired) electrons. The Bertz CT molecular complexity index is 1200. The SMILES string of the molecule is O=C(CCC1CCCCC1)Nc1ccc(S(=O)(=O)N2CC3CC(C2)c2cccc(=O)n2C3)cc1. The number of sulfonamides is 1. The summed E-state index contributed by atoms with van der Waals surface area (Å²) < 4.78 is 30.1. The van der Waals surface area contributed by atoms with Crippen molar-refractivity contribution in [1.82, 2.24) is 8.87 Å². The maximum absolute atomic E-state index is 13.4. The Morgan fingerprint density at radius 2 is 1.74 bits per heavy atom. The molecule has 5 rings (SSSR count). The van der Waals surface area contributed by atoms with Crippen LogP contribution in [0.1, 0.15) is 63.0 Å². The van der Waals surface area contributed by atoms with E-state index in [9.17, 15) is 18.0 Å². The summed E-state index contributed by atoms with van der Waals surface area (Å²) >= 11 is 0. The number of carbonyl (C=O) groups excluding carboxylic acids is 1. The predicted molar refractivity (Wildman–Crippen MR) is 131 cm³/mol. The summed E-state index contributed by atoms with van der Waals surface area (Å²) in [5.41, 5.74) is 1.53. The Morgan fingerprint density at radius 1 is 0.971 bits per heavy atom.